The molecule has 0 saturated carbocycles. The van der Waals surface area contributed by atoms with Gasteiger partial charge in [0, 0.05) is 19.3 Å². The second-order valence-corrected chi connectivity index (χ2v) is 6.51. The molecule has 2 amide bonds. The lowest BCUT2D eigenvalue weighted by molar-refractivity contribution is -0.121. The number of imidazole rings is 1. The standard InChI is InChI=1S/C16H20N4O3/c1-16(2,3)23-15(22)19-8-9-20(14(21)11-19)13-10-18-7-5-4-6-12(18)17-13/h4-7,10H,8-9,11H2,1-3H3. The predicted octanol–water partition coefficient (Wildman–Crippen LogP) is 1.92. The van der Waals surface area contributed by atoms with E-state index in [9.17, 15) is 9.59 Å². The van der Waals surface area contributed by atoms with E-state index in [1.54, 1.807) is 25.7 Å². The minimum Gasteiger partial charge on any atom is -0.444 e. The summed E-state index contributed by atoms with van der Waals surface area (Å²) in [7, 11) is 0. The first-order chi connectivity index (χ1) is 10.8. The highest BCUT2D eigenvalue weighted by molar-refractivity contribution is 5.96. The fraction of sp³-hybridized carbons (Fsp3) is 0.438. The molecule has 23 heavy (non-hydrogen) atoms. The second kappa shape index (κ2) is 5.57. The molecule has 122 valence electrons. The van der Waals surface area contributed by atoms with Crippen molar-refractivity contribution in [3.05, 3.63) is 30.6 Å². The Kier molecular flexibility index (Phi) is 3.71. The summed E-state index contributed by atoms with van der Waals surface area (Å²) in [6.07, 6.45) is 3.24. The van der Waals surface area contributed by atoms with Crippen molar-refractivity contribution in [3.63, 3.8) is 0 Å². The molecule has 1 saturated heterocycles. The molecule has 2 aromatic rings. The van der Waals surface area contributed by atoms with Crippen molar-refractivity contribution in [1.29, 1.82) is 0 Å². The number of carbonyl (C=O) groups is 2. The van der Waals surface area contributed by atoms with E-state index >= 15 is 0 Å². The maximum Gasteiger partial charge on any atom is 0.410 e. The Bertz CT molecular complexity index is 714. The third-order valence-corrected chi connectivity index (χ3v) is 3.50. The van der Waals surface area contributed by atoms with Crippen LogP contribution >= 0.6 is 0 Å². The van der Waals surface area contributed by atoms with Gasteiger partial charge in [-0.05, 0) is 32.9 Å². The molecule has 1 aliphatic heterocycles. The Hall–Kier alpha value is -2.57. The van der Waals surface area contributed by atoms with Crippen LogP contribution in [0.4, 0.5) is 10.6 Å². The van der Waals surface area contributed by atoms with Gasteiger partial charge in [-0.25, -0.2) is 9.78 Å². The molecule has 0 spiro atoms. The minimum atomic E-state index is -0.571. The van der Waals surface area contributed by atoms with Crippen molar-refractivity contribution < 1.29 is 14.3 Å². The number of hydrogen-bond acceptors (Lipinski definition) is 4. The first-order valence-corrected chi connectivity index (χ1v) is 7.55. The topological polar surface area (TPSA) is 67.2 Å². The lowest BCUT2D eigenvalue weighted by Crippen LogP contribution is -2.53. The zero-order valence-corrected chi connectivity index (χ0v) is 13.5. The molecule has 1 aliphatic rings. The number of rotatable bonds is 1. The average molecular weight is 316 g/mol. The number of fused-ring (bicyclic) bond motifs is 1. The van der Waals surface area contributed by atoms with Gasteiger partial charge in [0.15, 0.2) is 5.82 Å². The van der Waals surface area contributed by atoms with Gasteiger partial charge in [-0.2, -0.15) is 0 Å². The minimum absolute atomic E-state index is 0.00276. The van der Waals surface area contributed by atoms with Gasteiger partial charge in [0.2, 0.25) is 5.91 Å². The second-order valence-electron chi connectivity index (χ2n) is 6.51. The molecule has 0 aromatic carbocycles. The maximum atomic E-state index is 12.4. The van der Waals surface area contributed by atoms with Crippen LogP contribution in [0.15, 0.2) is 30.6 Å². The van der Waals surface area contributed by atoms with E-state index in [4.69, 9.17) is 4.74 Å². The lowest BCUT2D eigenvalue weighted by atomic mass is 10.2. The number of anilines is 1. The number of piperazine rings is 1. The Morgan fingerprint density at radius 3 is 2.70 bits per heavy atom. The molecule has 0 aliphatic carbocycles. The number of pyridine rings is 1. The van der Waals surface area contributed by atoms with E-state index < -0.39 is 11.7 Å². The van der Waals surface area contributed by atoms with E-state index in [-0.39, 0.29) is 12.5 Å². The van der Waals surface area contributed by atoms with Gasteiger partial charge in [-0.15, -0.1) is 0 Å². The number of ether oxygens (including phenoxy) is 1. The van der Waals surface area contributed by atoms with Crippen LogP contribution in [-0.2, 0) is 9.53 Å². The lowest BCUT2D eigenvalue weighted by Gasteiger charge is -2.34. The summed E-state index contributed by atoms with van der Waals surface area (Å²) in [6, 6.07) is 5.68. The first kappa shape index (κ1) is 15.3. The Labute approximate surface area is 134 Å². The third kappa shape index (κ3) is 3.28. The highest BCUT2D eigenvalue weighted by Crippen LogP contribution is 2.18. The maximum absolute atomic E-state index is 12.4. The van der Waals surface area contributed by atoms with Gasteiger partial charge in [-0.3, -0.25) is 14.6 Å². The molecule has 7 heteroatoms. The summed E-state index contributed by atoms with van der Waals surface area (Å²) in [4.78, 5) is 31.9. The average Bonchev–Trinajstić information content (AvgIpc) is 2.88. The summed E-state index contributed by atoms with van der Waals surface area (Å²) in [6.45, 7) is 6.25. The predicted molar refractivity (Wildman–Crippen MR) is 85.4 cm³/mol. The molecular formula is C16H20N4O3. The Balaban J connectivity index is 1.71. The number of nitrogens with zero attached hydrogens (tertiary/aromatic N) is 4. The molecule has 7 nitrogen and oxygen atoms in total. The van der Waals surface area contributed by atoms with Crippen molar-refractivity contribution in [3.8, 4) is 0 Å². The first-order valence-electron chi connectivity index (χ1n) is 7.55. The fourth-order valence-electron chi connectivity index (χ4n) is 2.45. The van der Waals surface area contributed by atoms with Crippen molar-refractivity contribution in [2.45, 2.75) is 26.4 Å². The SMILES string of the molecule is CC(C)(C)OC(=O)N1CCN(c2cn3ccccc3n2)C(=O)C1. The molecular weight excluding hydrogens is 296 g/mol. The number of hydrogen-bond donors (Lipinski definition) is 0. The number of carbonyl (C=O) groups excluding carboxylic acids is 2. The van der Waals surface area contributed by atoms with Crippen LogP contribution in [0.25, 0.3) is 5.65 Å². The molecule has 0 atom stereocenters. The van der Waals surface area contributed by atoms with Gasteiger partial charge in [-0.1, -0.05) is 6.07 Å². The van der Waals surface area contributed by atoms with Crippen LogP contribution < -0.4 is 4.90 Å². The van der Waals surface area contributed by atoms with E-state index in [1.165, 1.54) is 4.90 Å². The molecule has 0 unspecified atom stereocenters. The summed E-state index contributed by atoms with van der Waals surface area (Å²) in [5, 5.41) is 0. The number of amides is 2. The molecule has 0 radical (unpaired) electrons. The summed E-state index contributed by atoms with van der Waals surface area (Å²) < 4.78 is 7.17. The van der Waals surface area contributed by atoms with Gasteiger partial charge in [0.25, 0.3) is 0 Å². The normalized spacial score (nSPS) is 16.0. The smallest absolute Gasteiger partial charge is 0.410 e. The summed E-state index contributed by atoms with van der Waals surface area (Å²) >= 11 is 0. The highest BCUT2D eigenvalue weighted by atomic mass is 16.6. The molecule has 0 bridgehead atoms. The molecule has 1 fully saturated rings. The van der Waals surface area contributed by atoms with Crippen LogP contribution in [0.5, 0.6) is 0 Å². The van der Waals surface area contributed by atoms with Crippen LogP contribution in [0.1, 0.15) is 20.8 Å². The van der Waals surface area contributed by atoms with Gasteiger partial charge >= 0.3 is 6.09 Å². The zero-order chi connectivity index (χ0) is 16.6. The quantitative estimate of drug-likeness (QED) is 0.806. The van der Waals surface area contributed by atoms with Crippen molar-refractivity contribution in [2.24, 2.45) is 0 Å². The van der Waals surface area contributed by atoms with Crippen LogP contribution in [0.2, 0.25) is 0 Å². The van der Waals surface area contributed by atoms with Gasteiger partial charge in [0.05, 0.1) is 6.20 Å². The molecule has 3 rings (SSSR count). The van der Waals surface area contributed by atoms with Gasteiger partial charge < -0.3 is 9.14 Å². The Morgan fingerprint density at radius 2 is 2.04 bits per heavy atom. The van der Waals surface area contributed by atoms with E-state index in [0.717, 1.165) is 5.65 Å². The molecule has 3 heterocycles. The van der Waals surface area contributed by atoms with Crippen LogP contribution in [0, 0.1) is 0 Å². The van der Waals surface area contributed by atoms with Crippen molar-refractivity contribution in [1.82, 2.24) is 14.3 Å². The zero-order valence-electron chi connectivity index (χ0n) is 13.5. The highest BCUT2D eigenvalue weighted by Gasteiger charge is 2.31. The van der Waals surface area contributed by atoms with Gasteiger partial charge in [0.1, 0.15) is 17.8 Å². The van der Waals surface area contributed by atoms with Crippen molar-refractivity contribution in [2.75, 3.05) is 24.5 Å². The van der Waals surface area contributed by atoms with E-state index in [1.807, 2.05) is 35.0 Å². The number of aromatic nitrogens is 2. The molecule has 2 aromatic heterocycles. The van der Waals surface area contributed by atoms with Crippen LogP contribution in [-0.4, -0.2) is 51.5 Å². The fourth-order valence-corrected chi connectivity index (χ4v) is 2.45. The third-order valence-electron chi connectivity index (χ3n) is 3.50. The monoisotopic (exact) mass is 316 g/mol. The summed E-state index contributed by atoms with van der Waals surface area (Å²) in [5.74, 6) is 0.440. The van der Waals surface area contributed by atoms with Crippen molar-refractivity contribution >= 4 is 23.5 Å². The van der Waals surface area contributed by atoms with Crippen LogP contribution in [0.3, 0.4) is 0 Å². The Morgan fingerprint density at radius 1 is 1.26 bits per heavy atom. The molecule has 0 N–H and O–H groups in total. The largest absolute Gasteiger partial charge is 0.444 e. The van der Waals surface area contributed by atoms with E-state index in [2.05, 4.69) is 4.98 Å². The summed E-state index contributed by atoms with van der Waals surface area (Å²) in [5.41, 5.74) is 0.212. The van der Waals surface area contributed by atoms with E-state index in [0.29, 0.717) is 18.9 Å².